The second-order valence-electron chi connectivity index (χ2n) is 1.86. The summed E-state index contributed by atoms with van der Waals surface area (Å²) in [6.45, 7) is 4.14. The van der Waals surface area contributed by atoms with Gasteiger partial charge in [0.2, 0.25) is 0 Å². The van der Waals surface area contributed by atoms with Crippen LogP contribution in [0, 0.1) is 5.92 Å². The van der Waals surface area contributed by atoms with Crippen molar-refractivity contribution in [2.24, 2.45) is 5.92 Å². The summed E-state index contributed by atoms with van der Waals surface area (Å²) in [6.07, 6.45) is 0. The Kier molecular flexibility index (Phi) is 10.8. The number of hydrogen-bond acceptors (Lipinski definition) is 3. The van der Waals surface area contributed by atoms with E-state index in [0.29, 0.717) is 12.5 Å². The first kappa shape index (κ1) is 13.0. The molecular weight excluding hydrogens is 247 g/mol. The molecule has 0 aromatic heterocycles. The van der Waals surface area contributed by atoms with Gasteiger partial charge in [-0.05, 0) is 8.98 Å². The first-order valence-electron chi connectivity index (χ1n) is 2.31. The zero-order valence-corrected chi connectivity index (χ0v) is 9.17. The van der Waals surface area contributed by atoms with Gasteiger partial charge in [0.05, 0.1) is 0 Å². The van der Waals surface area contributed by atoms with Crippen molar-refractivity contribution >= 4 is 23.1 Å². The van der Waals surface area contributed by atoms with Crippen molar-refractivity contribution in [3.05, 3.63) is 0 Å². The molecule has 5 heteroatoms. The minimum absolute atomic E-state index is 0. The fourth-order valence-corrected chi connectivity index (χ4v) is 1.19. The SMILES string of the molecule is CC(C)CO[I+2]([O-])[O-].[Mg]. The van der Waals surface area contributed by atoms with Crippen LogP contribution in [0.3, 0.4) is 0 Å². The predicted molar refractivity (Wildman–Crippen MR) is 26.5 cm³/mol. The second kappa shape index (κ2) is 7.48. The van der Waals surface area contributed by atoms with Gasteiger partial charge in [-0.25, -0.2) is 0 Å². The van der Waals surface area contributed by atoms with Crippen LogP contribution in [0.15, 0.2) is 0 Å². The molecular formula is C4H9IMgO3. The van der Waals surface area contributed by atoms with Crippen LogP contribution in [0.5, 0.6) is 0 Å². The average Bonchev–Trinajstić information content (AvgIpc) is 1.61. The van der Waals surface area contributed by atoms with E-state index in [-0.39, 0.29) is 23.1 Å². The van der Waals surface area contributed by atoms with Gasteiger partial charge in [-0.15, -0.1) is 0 Å². The van der Waals surface area contributed by atoms with Crippen molar-refractivity contribution in [3.8, 4) is 0 Å². The molecule has 0 aliphatic rings. The Bertz CT molecular complexity index is 51.8. The zero-order valence-electron chi connectivity index (χ0n) is 5.59. The molecule has 0 spiro atoms. The minimum Gasteiger partial charge on any atom is -0.396 e. The molecule has 0 aromatic carbocycles. The highest BCUT2D eigenvalue weighted by Gasteiger charge is 2.11. The lowest BCUT2D eigenvalue weighted by Crippen LogP contribution is -3.99. The Hall–Kier alpha value is 1.38. The highest BCUT2D eigenvalue weighted by atomic mass is 127. The van der Waals surface area contributed by atoms with Gasteiger partial charge in [0, 0.05) is 23.1 Å². The molecule has 0 rings (SSSR count). The van der Waals surface area contributed by atoms with E-state index < -0.39 is 21.1 Å². The third kappa shape index (κ3) is 12.5. The fourth-order valence-electron chi connectivity index (χ4n) is 0.177. The van der Waals surface area contributed by atoms with Crippen molar-refractivity contribution in [2.75, 3.05) is 6.61 Å². The van der Waals surface area contributed by atoms with Gasteiger partial charge in [-0.1, -0.05) is 13.8 Å². The molecule has 0 saturated carbocycles. The third-order valence-corrected chi connectivity index (χ3v) is 1.35. The van der Waals surface area contributed by atoms with Crippen LogP contribution in [0.1, 0.15) is 13.8 Å². The fraction of sp³-hybridized carbons (Fsp3) is 1.00. The summed E-state index contributed by atoms with van der Waals surface area (Å²) in [4.78, 5) is 0. The van der Waals surface area contributed by atoms with Crippen LogP contribution in [-0.4, -0.2) is 29.7 Å². The molecule has 9 heavy (non-hydrogen) atoms. The van der Waals surface area contributed by atoms with E-state index in [0.717, 1.165) is 0 Å². The van der Waals surface area contributed by atoms with E-state index in [9.17, 15) is 6.87 Å². The summed E-state index contributed by atoms with van der Waals surface area (Å²) in [5.41, 5.74) is 0. The lowest BCUT2D eigenvalue weighted by molar-refractivity contribution is -1.63. The summed E-state index contributed by atoms with van der Waals surface area (Å²) in [6, 6.07) is 0. The van der Waals surface area contributed by atoms with Gasteiger partial charge in [-0.3, -0.25) is 0 Å². The Labute approximate surface area is 80.0 Å². The van der Waals surface area contributed by atoms with Gasteiger partial charge in [-0.2, -0.15) is 0 Å². The Morgan fingerprint density at radius 3 is 2.00 bits per heavy atom. The summed E-state index contributed by atoms with van der Waals surface area (Å²) >= 11 is -3.37. The monoisotopic (exact) mass is 256 g/mol. The molecule has 3 nitrogen and oxygen atoms in total. The Morgan fingerprint density at radius 2 is 1.89 bits per heavy atom. The Morgan fingerprint density at radius 1 is 1.44 bits per heavy atom. The smallest absolute Gasteiger partial charge is 0.396 e. The third-order valence-electron chi connectivity index (χ3n) is 0.485. The van der Waals surface area contributed by atoms with Crippen LogP contribution in [0.2, 0.25) is 0 Å². The summed E-state index contributed by atoms with van der Waals surface area (Å²) in [5.74, 6) is 0.303. The predicted octanol–water partition coefficient (Wildman–Crippen LogP) is -4.63. The van der Waals surface area contributed by atoms with Crippen molar-refractivity contribution < 1.29 is 31.0 Å². The van der Waals surface area contributed by atoms with Gasteiger partial charge in [0.1, 0.15) is 6.61 Å². The summed E-state index contributed by atoms with van der Waals surface area (Å²) in [5, 5.41) is 0. The van der Waals surface area contributed by atoms with E-state index in [1.807, 2.05) is 13.8 Å². The maximum absolute atomic E-state index is 9.81. The molecule has 0 aliphatic heterocycles. The maximum Gasteiger partial charge on any atom is 0.506 e. The van der Waals surface area contributed by atoms with E-state index in [1.54, 1.807) is 0 Å². The van der Waals surface area contributed by atoms with Gasteiger partial charge in [0.25, 0.3) is 0 Å². The molecule has 0 unspecified atom stereocenters. The lowest BCUT2D eigenvalue weighted by Gasteiger charge is -1.95. The lowest BCUT2D eigenvalue weighted by atomic mass is 10.2. The molecule has 0 fully saturated rings. The summed E-state index contributed by atoms with van der Waals surface area (Å²) < 4.78 is 24.0. The van der Waals surface area contributed by atoms with Gasteiger partial charge >= 0.3 is 21.1 Å². The van der Waals surface area contributed by atoms with Crippen LogP contribution in [0.25, 0.3) is 0 Å². The number of hydrogen-bond donors (Lipinski definition) is 0. The number of halogens is 1. The molecule has 0 aliphatic carbocycles. The largest absolute Gasteiger partial charge is 0.506 e. The molecule has 0 aromatic rings. The average molecular weight is 256 g/mol. The van der Waals surface area contributed by atoms with Crippen molar-refractivity contribution in [2.45, 2.75) is 13.8 Å². The Balaban J connectivity index is 0. The van der Waals surface area contributed by atoms with Crippen LogP contribution < -0.4 is 27.9 Å². The van der Waals surface area contributed by atoms with Crippen molar-refractivity contribution in [3.63, 3.8) is 0 Å². The molecule has 2 radical (unpaired) electrons. The minimum atomic E-state index is -3.37. The van der Waals surface area contributed by atoms with Crippen LogP contribution in [0.4, 0.5) is 0 Å². The van der Waals surface area contributed by atoms with E-state index in [4.69, 9.17) is 0 Å². The highest BCUT2D eigenvalue weighted by Crippen LogP contribution is 1.86. The molecule has 0 bridgehead atoms. The highest BCUT2D eigenvalue weighted by molar-refractivity contribution is 5.75. The second-order valence-corrected chi connectivity index (χ2v) is 3.56. The van der Waals surface area contributed by atoms with Crippen molar-refractivity contribution in [1.29, 1.82) is 0 Å². The molecule has 0 atom stereocenters. The molecule has 0 N–H and O–H groups in total. The van der Waals surface area contributed by atoms with Gasteiger partial charge < -0.3 is 6.87 Å². The van der Waals surface area contributed by atoms with Crippen LogP contribution >= 0.6 is 0 Å². The summed E-state index contributed by atoms with van der Waals surface area (Å²) in [7, 11) is 0. The van der Waals surface area contributed by atoms with E-state index in [2.05, 4.69) is 3.07 Å². The normalized spacial score (nSPS) is 10.0. The van der Waals surface area contributed by atoms with Gasteiger partial charge in [0.15, 0.2) is 0 Å². The first-order chi connectivity index (χ1) is 3.63. The maximum atomic E-state index is 9.81. The van der Waals surface area contributed by atoms with E-state index >= 15 is 0 Å². The zero-order chi connectivity index (χ0) is 6.57. The first-order valence-corrected chi connectivity index (χ1v) is 4.96. The standard InChI is InChI=1S/C4H9IO3.Mg/c1-4(2)3-8-5(6)7;/h4H,3H2,1-2H3;. The molecule has 52 valence electrons. The molecule has 0 saturated heterocycles. The molecule has 0 heterocycles. The topological polar surface area (TPSA) is 55.3 Å². The number of rotatable bonds is 3. The quantitative estimate of drug-likeness (QED) is 0.377. The van der Waals surface area contributed by atoms with E-state index in [1.165, 1.54) is 0 Å². The molecule has 0 amide bonds. The van der Waals surface area contributed by atoms with Crippen molar-refractivity contribution in [1.82, 2.24) is 0 Å². The van der Waals surface area contributed by atoms with Crippen LogP contribution in [-0.2, 0) is 3.07 Å².